The molecule has 0 aromatic carbocycles. The third-order valence-electron chi connectivity index (χ3n) is 1.34. The Hall–Kier alpha value is -1.52. The second-order valence-electron chi connectivity index (χ2n) is 1.97. The number of aliphatic imine (C=N–C) groups is 1. The highest BCUT2D eigenvalue weighted by atomic mass is 16.2. The van der Waals surface area contributed by atoms with Gasteiger partial charge in [-0.1, -0.05) is 0 Å². The Labute approximate surface area is 56.6 Å². The summed E-state index contributed by atoms with van der Waals surface area (Å²) >= 11 is 0. The molecular formula is C5H4N4O. The van der Waals surface area contributed by atoms with Crippen molar-refractivity contribution in [1.29, 1.82) is 0 Å². The summed E-state index contributed by atoms with van der Waals surface area (Å²) in [4.78, 5) is 14.7. The van der Waals surface area contributed by atoms with E-state index in [0.717, 1.165) is 0 Å². The van der Waals surface area contributed by atoms with E-state index in [1.807, 2.05) is 0 Å². The summed E-state index contributed by atoms with van der Waals surface area (Å²) in [5.41, 5.74) is 0. The van der Waals surface area contributed by atoms with Crippen LogP contribution in [0.25, 0.3) is 0 Å². The highest BCUT2D eigenvalue weighted by Crippen LogP contribution is 2.08. The Balaban J connectivity index is 2.41. The molecule has 0 aromatic rings. The molecule has 0 radical (unpaired) electrons. The lowest BCUT2D eigenvalue weighted by atomic mass is 10.1. The quantitative estimate of drug-likeness (QED) is 0.463. The second kappa shape index (κ2) is 1.73. The lowest BCUT2D eigenvalue weighted by Gasteiger charge is -2.08. The highest BCUT2D eigenvalue weighted by molar-refractivity contribution is 6.22. The molecule has 50 valence electrons. The van der Waals surface area contributed by atoms with E-state index in [1.54, 1.807) is 0 Å². The maximum Gasteiger partial charge on any atom is 0.241 e. The second-order valence-corrected chi connectivity index (χ2v) is 1.97. The Bertz CT molecular complexity index is 265. The van der Waals surface area contributed by atoms with Gasteiger partial charge in [0.1, 0.15) is 5.92 Å². The van der Waals surface area contributed by atoms with Crippen molar-refractivity contribution in [1.82, 2.24) is 5.32 Å². The molecule has 5 nitrogen and oxygen atoms in total. The van der Waals surface area contributed by atoms with E-state index in [2.05, 4.69) is 20.5 Å². The fraction of sp³-hybridized carbons (Fsp3) is 0.200. The molecule has 0 aliphatic carbocycles. The summed E-state index contributed by atoms with van der Waals surface area (Å²) in [6.45, 7) is 0. The first-order valence-corrected chi connectivity index (χ1v) is 2.82. The zero-order valence-corrected chi connectivity index (χ0v) is 4.98. The number of hydrogen-bond donors (Lipinski definition) is 1. The average Bonchev–Trinajstić information content (AvgIpc) is 2.36. The molecule has 2 heterocycles. The van der Waals surface area contributed by atoms with Crippen LogP contribution >= 0.6 is 0 Å². The van der Waals surface area contributed by atoms with Crippen molar-refractivity contribution < 1.29 is 4.79 Å². The van der Waals surface area contributed by atoms with E-state index in [1.165, 1.54) is 12.6 Å². The van der Waals surface area contributed by atoms with Crippen LogP contribution in [0.2, 0.25) is 0 Å². The molecule has 0 unspecified atom stereocenters. The lowest BCUT2D eigenvalue weighted by molar-refractivity contribution is -0.120. The monoisotopic (exact) mass is 136 g/mol. The van der Waals surface area contributed by atoms with Gasteiger partial charge in [-0.25, -0.2) is 4.99 Å². The van der Waals surface area contributed by atoms with Crippen LogP contribution < -0.4 is 5.32 Å². The van der Waals surface area contributed by atoms with E-state index in [4.69, 9.17) is 0 Å². The molecule has 2 aliphatic heterocycles. The third-order valence-corrected chi connectivity index (χ3v) is 1.34. The van der Waals surface area contributed by atoms with Crippen molar-refractivity contribution in [2.75, 3.05) is 0 Å². The number of rotatable bonds is 0. The predicted octanol–water partition coefficient (Wildman–Crippen LogP) is -0.841. The van der Waals surface area contributed by atoms with E-state index in [-0.39, 0.29) is 11.8 Å². The normalized spacial score (nSPS) is 27.8. The number of carbonyl (C=O) groups excluding carboxylic acids is 1. The molecule has 0 aromatic heterocycles. The van der Waals surface area contributed by atoms with Gasteiger partial charge in [0.05, 0.1) is 6.34 Å². The van der Waals surface area contributed by atoms with Crippen LogP contribution in [0.15, 0.2) is 15.2 Å². The minimum atomic E-state index is -0.356. The molecular weight excluding hydrogens is 132 g/mol. The van der Waals surface area contributed by atoms with Crippen LogP contribution in [0.4, 0.5) is 0 Å². The SMILES string of the molecule is O=C1NC=NC2=NN=C[C@H]12. The van der Waals surface area contributed by atoms with Crippen LogP contribution in [-0.2, 0) is 4.79 Å². The van der Waals surface area contributed by atoms with Gasteiger partial charge in [-0.05, 0) is 0 Å². The zero-order chi connectivity index (χ0) is 6.97. The first kappa shape index (κ1) is 5.28. The number of nitrogens with zero attached hydrogens (tertiary/aromatic N) is 3. The topological polar surface area (TPSA) is 66.2 Å². The minimum Gasteiger partial charge on any atom is -0.316 e. The number of fused-ring (bicyclic) bond motifs is 1. The number of carbonyl (C=O) groups is 1. The first-order chi connectivity index (χ1) is 4.88. The van der Waals surface area contributed by atoms with Gasteiger partial charge in [0.15, 0.2) is 5.84 Å². The fourth-order valence-corrected chi connectivity index (χ4v) is 0.831. The smallest absolute Gasteiger partial charge is 0.241 e. The van der Waals surface area contributed by atoms with Gasteiger partial charge in [0.25, 0.3) is 0 Å². The van der Waals surface area contributed by atoms with Crippen LogP contribution in [0, 0.1) is 5.92 Å². The van der Waals surface area contributed by atoms with Crippen LogP contribution in [-0.4, -0.2) is 24.3 Å². The molecule has 0 saturated heterocycles. The van der Waals surface area contributed by atoms with E-state index in [9.17, 15) is 4.79 Å². The standard InChI is InChI=1S/C5H4N4O/c10-5-3-1-8-9-4(3)6-2-7-5/h1-3H,(H,6,7,9,10)/t3-/m0/s1. The van der Waals surface area contributed by atoms with Gasteiger partial charge in [0, 0.05) is 6.21 Å². The minimum absolute atomic E-state index is 0.116. The van der Waals surface area contributed by atoms with E-state index < -0.39 is 0 Å². The molecule has 0 bridgehead atoms. The summed E-state index contributed by atoms with van der Waals surface area (Å²) in [5, 5.41) is 9.65. The molecule has 2 rings (SSSR count). The lowest BCUT2D eigenvalue weighted by Crippen LogP contribution is -2.37. The van der Waals surface area contributed by atoms with Gasteiger partial charge in [-0.15, -0.1) is 5.10 Å². The molecule has 1 atom stereocenters. The maximum atomic E-state index is 10.9. The van der Waals surface area contributed by atoms with Gasteiger partial charge < -0.3 is 5.32 Å². The number of amidine groups is 1. The molecule has 5 heteroatoms. The average molecular weight is 136 g/mol. The Morgan fingerprint density at radius 2 is 2.50 bits per heavy atom. The molecule has 1 amide bonds. The molecule has 0 spiro atoms. The Morgan fingerprint density at radius 3 is 3.30 bits per heavy atom. The first-order valence-electron chi connectivity index (χ1n) is 2.82. The number of amides is 1. The molecule has 10 heavy (non-hydrogen) atoms. The van der Waals surface area contributed by atoms with Crippen molar-refractivity contribution in [3.8, 4) is 0 Å². The third kappa shape index (κ3) is 0.570. The Kier molecular flexibility index (Phi) is 0.913. The van der Waals surface area contributed by atoms with Crippen LogP contribution in [0.1, 0.15) is 0 Å². The maximum absolute atomic E-state index is 10.9. The summed E-state index contributed by atoms with van der Waals surface area (Å²) in [6.07, 6.45) is 2.80. The molecule has 1 N–H and O–H groups in total. The van der Waals surface area contributed by atoms with Crippen molar-refractivity contribution in [3.63, 3.8) is 0 Å². The molecule has 0 saturated carbocycles. The fourth-order valence-electron chi connectivity index (χ4n) is 0.831. The van der Waals surface area contributed by atoms with Crippen molar-refractivity contribution in [3.05, 3.63) is 0 Å². The summed E-state index contributed by atoms with van der Waals surface area (Å²) < 4.78 is 0. The van der Waals surface area contributed by atoms with Crippen molar-refractivity contribution in [2.24, 2.45) is 21.1 Å². The van der Waals surface area contributed by atoms with Gasteiger partial charge in [-0.3, -0.25) is 4.79 Å². The molecule has 2 aliphatic rings. The largest absolute Gasteiger partial charge is 0.316 e. The molecule has 0 fully saturated rings. The summed E-state index contributed by atoms with van der Waals surface area (Å²) in [5.74, 6) is 0.00347. The van der Waals surface area contributed by atoms with Crippen molar-refractivity contribution >= 4 is 24.3 Å². The van der Waals surface area contributed by atoms with Crippen molar-refractivity contribution in [2.45, 2.75) is 0 Å². The van der Waals surface area contributed by atoms with E-state index >= 15 is 0 Å². The number of hydrogen-bond acceptors (Lipinski definition) is 4. The number of nitrogens with one attached hydrogen (secondary N) is 1. The zero-order valence-electron chi connectivity index (χ0n) is 4.98. The predicted molar refractivity (Wildman–Crippen MR) is 36.1 cm³/mol. The van der Waals surface area contributed by atoms with Gasteiger partial charge in [0.2, 0.25) is 5.91 Å². The highest BCUT2D eigenvalue weighted by Gasteiger charge is 2.27. The van der Waals surface area contributed by atoms with Gasteiger partial charge in [-0.2, -0.15) is 5.10 Å². The van der Waals surface area contributed by atoms with Gasteiger partial charge >= 0.3 is 0 Å². The summed E-state index contributed by atoms with van der Waals surface area (Å²) in [7, 11) is 0. The Morgan fingerprint density at radius 1 is 1.60 bits per heavy atom. The van der Waals surface area contributed by atoms with Crippen LogP contribution in [0.5, 0.6) is 0 Å². The van der Waals surface area contributed by atoms with Crippen LogP contribution in [0.3, 0.4) is 0 Å². The van der Waals surface area contributed by atoms with E-state index in [0.29, 0.717) is 5.84 Å². The summed E-state index contributed by atoms with van der Waals surface area (Å²) in [6, 6.07) is 0.